The minimum absolute atomic E-state index is 0.0284. The molecule has 0 unspecified atom stereocenters. The first-order chi connectivity index (χ1) is 4.09. The lowest BCUT2D eigenvalue weighted by Gasteiger charge is -1.97. The van der Waals surface area contributed by atoms with E-state index in [0.29, 0.717) is 5.33 Å². The summed E-state index contributed by atoms with van der Waals surface area (Å²) >= 11 is 6.08. The molecular formula is C6H8Br2O. The minimum Gasteiger partial charge on any atom is -0.281 e. The Kier molecular flexibility index (Phi) is 4.40. The van der Waals surface area contributed by atoms with Crippen molar-refractivity contribution in [1.82, 2.24) is 0 Å². The van der Waals surface area contributed by atoms with Gasteiger partial charge in [-0.05, 0) is 29.8 Å². The Bertz CT molecular complexity index is 145. The van der Waals surface area contributed by atoms with Gasteiger partial charge in [0.15, 0.2) is 0 Å². The number of allylic oxidation sites excluding steroid dienone is 2. The van der Waals surface area contributed by atoms with Crippen molar-refractivity contribution in [2.24, 2.45) is 0 Å². The Morgan fingerprint density at radius 1 is 1.44 bits per heavy atom. The number of carbonyl (C=O) groups is 1. The maximum absolute atomic E-state index is 10.6. The number of alkyl halides is 1. The van der Waals surface area contributed by atoms with Crippen LogP contribution in [0.4, 0.5) is 0 Å². The average Bonchev–Trinajstić information content (AvgIpc) is 1.64. The van der Waals surface area contributed by atoms with E-state index in [2.05, 4.69) is 31.9 Å². The Labute approximate surface area is 71.8 Å². The zero-order chi connectivity index (χ0) is 7.44. The van der Waals surface area contributed by atoms with Crippen molar-refractivity contribution in [2.75, 3.05) is 5.33 Å². The standard InChI is InChI=1S/C6H8Br2O/c1-4(2)5(3-7)6(8)9/h3H2,1-2H3. The smallest absolute Gasteiger partial charge is 0.224 e. The topological polar surface area (TPSA) is 17.1 Å². The molecule has 3 heteroatoms. The summed E-state index contributed by atoms with van der Waals surface area (Å²) in [6.45, 7) is 3.82. The Hall–Kier alpha value is 0.370. The van der Waals surface area contributed by atoms with Crippen LogP contribution in [0.3, 0.4) is 0 Å². The summed E-state index contributed by atoms with van der Waals surface area (Å²) in [6.07, 6.45) is 0. The molecule has 0 N–H and O–H groups in total. The first-order valence-corrected chi connectivity index (χ1v) is 4.43. The van der Waals surface area contributed by atoms with Crippen molar-refractivity contribution in [3.63, 3.8) is 0 Å². The van der Waals surface area contributed by atoms with Gasteiger partial charge in [0.25, 0.3) is 0 Å². The number of hydrogen-bond donors (Lipinski definition) is 0. The molecule has 0 radical (unpaired) electrons. The third-order valence-electron chi connectivity index (χ3n) is 0.974. The molecule has 0 spiro atoms. The molecule has 0 aliphatic carbocycles. The van der Waals surface area contributed by atoms with Crippen LogP contribution in [0.15, 0.2) is 11.1 Å². The lowest BCUT2D eigenvalue weighted by molar-refractivity contribution is -0.107. The Morgan fingerprint density at radius 3 is 1.89 bits per heavy atom. The second-order valence-electron chi connectivity index (χ2n) is 1.89. The molecule has 0 aromatic rings. The number of rotatable bonds is 2. The van der Waals surface area contributed by atoms with Gasteiger partial charge in [0.05, 0.1) is 0 Å². The zero-order valence-corrected chi connectivity index (χ0v) is 8.54. The number of halogens is 2. The summed E-state index contributed by atoms with van der Waals surface area (Å²) in [5.74, 6) is 0. The maximum Gasteiger partial charge on any atom is 0.224 e. The van der Waals surface area contributed by atoms with Crippen molar-refractivity contribution in [3.8, 4) is 0 Å². The van der Waals surface area contributed by atoms with Gasteiger partial charge in [0, 0.05) is 10.9 Å². The summed E-state index contributed by atoms with van der Waals surface area (Å²) in [7, 11) is 0. The maximum atomic E-state index is 10.6. The van der Waals surface area contributed by atoms with Crippen LogP contribution < -0.4 is 0 Å². The van der Waals surface area contributed by atoms with Gasteiger partial charge in [-0.25, -0.2) is 0 Å². The highest BCUT2D eigenvalue weighted by molar-refractivity contribution is 9.18. The normalized spacial score (nSPS) is 8.89. The molecule has 52 valence electrons. The molecule has 9 heavy (non-hydrogen) atoms. The van der Waals surface area contributed by atoms with Crippen LogP contribution >= 0.6 is 31.9 Å². The van der Waals surface area contributed by atoms with Gasteiger partial charge in [0.2, 0.25) is 4.69 Å². The second-order valence-corrected chi connectivity index (χ2v) is 3.17. The summed E-state index contributed by atoms with van der Waals surface area (Å²) in [6, 6.07) is 0. The van der Waals surface area contributed by atoms with E-state index in [4.69, 9.17) is 0 Å². The monoisotopic (exact) mass is 254 g/mol. The van der Waals surface area contributed by atoms with Crippen LogP contribution in [0.1, 0.15) is 13.8 Å². The van der Waals surface area contributed by atoms with Crippen LogP contribution in [0, 0.1) is 0 Å². The average molecular weight is 256 g/mol. The first kappa shape index (κ1) is 9.37. The molecule has 0 saturated carbocycles. The molecule has 0 atom stereocenters. The molecule has 0 aromatic carbocycles. The van der Waals surface area contributed by atoms with Crippen LogP contribution in [-0.2, 0) is 4.79 Å². The van der Waals surface area contributed by atoms with Crippen molar-refractivity contribution in [3.05, 3.63) is 11.1 Å². The highest BCUT2D eigenvalue weighted by atomic mass is 79.9. The summed E-state index contributed by atoms with van der Waals surface area (Å²) in [4.78, 5) is 10.6. The summed E-state index contributed by atoms with van der Waals surface area (Å²) in [5, 5.41) is 0.624. The van der Waals surface area contributed by atoms with E-state index in [0.717, 1.165) is 11.1 Å². The first-order valence-electron chi connectivity index (χ1n) is 2.51. The number of carbonyl (C=O) groups excluding carboxylic acids is 1. The van der Waals surface area contributed by atoms with Crippen LogP contribution in [0.2, 0.25) is 0 Å². The molecule has 0 amide bonds. The Balaban J connectivity index is 4.35. The SMILES string of the molecule is CC(C)=C(CBr)C(=O)Br. The molecule has 0 saturated heterocycles. The molecule has 1 nitrogen and oxygen atoms in total. The zero-order valence-electron chi connectivity index (χ0n) is 5.37. The fourth-order valence-corrected chi connectivity index (χ4v) is 2.11. The largest absolute Gasteiger partial charge is 0.281 e. The van der Waals surface area contributed by atoms with E-state index in [1.54, 1.807) is 0 Å². The van der Waals surface area contributed by atoms with Crippen molar-refractivity contribution in [2.45, 2.75) is 13.8 Å². The van der Waals surface area contributed by atoms with Crippen LogP contribution in [-0.4, -0.2) is 10.0 Å². The van der Waals surface area contributed by atoms with Crippen molar-refractivity contribution >= 4 is 36.6 Å². The van der Waals surface area contributed by atoms with Gasteiger partial charge < -0.3 is 0 Å². The lowest BCUT2D eigenvalue weighted by Crippen LogP contribution is -1.95. The molecule has 0 bridgehead atoms. The van der Waals surface area contributed by atoms with Crippen molar-refractivity contribution in [1.29, 1.82) is 0 Å². The van der Waals surface area contributed by atoms with Gasteiger partial charge in [-0.1, -0.05) is 21.5 Å². The van der Waals surface area contributed by atoms with E-state index >= 15 is 0 Å². The quantitative estimate of drug-likeness (QED) is 0.421. The minimum atomic E-state index is -0.0284. The van der Waals surface area contributed by atoms with E-state index in [1.165, 1.54) is 0 Å². The molecule has 0 aromatic heterocycles. The molecule has 0 fully saturated rings. The third kappa shape index (κ3) is 3.16. The third-order valence-corrected chi connectivity index (χ3v) is 2.01. The van der Waals surface area contributed by atoms with Crippen LogP contribution in [0.25, 0.3) is 0 Å². The summed E-state index contributed by atoms with van der Waals surface area (Å²) < 4.78 is -0.0284. The van der Waals surface area contributed by atoms with E-state index < -0.39 is 0 Å². The lowest BCUT2D eigenvalue weighted by atomic mass is 10.2. The van der Waals surface area contributed by atoms with Crippen molar-refractivity contribution < 1.29 is 4.79 Å². The van der Waals surface area contributed by atoms with Gasteiger partial charge in [-0.15, -0.1) is 0 Å². The highest BCUT2D eigenvalue weighted by Crippen LogP contribution is 2.10. The van der Waals surface area contributed by atoms with Crippen LogP contribution in [0.5, 0.6) is 0 Å². The fourth-order valence-electron chi connectivity index (χ4n) is 0.383. The molecule has 0 rings (SSSR count). The second kappa shape index (κ2) is 4.23. The molecule has 0 heterocycles. The predicted molar refractivity (Wildman–Crippen MR) is 46.1 cm³/mol. The summed E-state index contributed by atoms with van der Waals surface area (Å²) in [5.41, 5.74) is 1.85. The van der Waals surface area contributed by atoms with Gasteiger partial charge in [0.1, 0.15) is 0 Å². The van der Waals surface area contributed by atoms with E-state index in [-0.39, 0.29) is 4.69 Å². The van der Waals surface area contributed by atoms with E-state index in [1.807, 2.05) is 13.8 Å². The van der Waals surface area contributed by atoms with E-state index in [9.17, 15) is 4.79 Å². The molecule has 0 aliphatic rings. The van der Waals surface area contributed by atoms with Gasteiger partial charge in [-0.2, -0.15) is 0 Å². The fraction of sp³-hybridized carbons (Fsp3) is 0.500. The highest BCUT2D eigenvalue weighted by Gasteiger charge is 2.03. The Morgan fingerprint density at radius 2 is 1.89 bits per heavy atom. The predicted octanol–water partition coefficient (Wildman–Crippen LogP) is 2.64. The molecular weight excluding hydrogens is 248 g/mol. The number of hydrogen-bond acceptors (Lipinski definition) is 1. The van der Waals surface area contributed by atoms with Gasteiger partial charge >= 0.3 is 0 Å². The van der Waals surface area contributed by atoms with Gasteiger partial charge in [-0.3, -0.25) is 4.79 Å². The molecule has 0 aliphatic heterocycles.